The third kappa shape index (κ3) is 6.58. The predicted octanol–water partition coefficient (Wildman–Crippen LogP) is 6.67. The zero-order chi connectivity index (χ0) is 14.1. The molecule has 0 amide bonds. The van der Waals surface area contributed by atoms with E-state index in [-0.39, 0.29) is 0 Å². The zero-order valence-corrected chi connectivity index (χ0v) is 14.8. The van der Waals surface area contributed by atoms with Crippen molar-refractivity contribution in [2.45, 2.75) is 66.2 Å². The Bertz CT molecular complexity index is 223. The van der Waals surface area contributed by atoms with Crippen molar-refractivity contribution in [1.29, 1.82) is 0 Å². The second kappa shape index (κ2) is 8.60. The maximum atomic E-state index is 7.40. The topological polar surface area (TPSA) is 0 Å². The van der Waals surface area contributed by atoms with E-state index in [0.29, 0.717) is 0 Å². The van der Waals surface area contributed by atoms with Gasteiger partial charge in [-0.2, -0.15) is 0 Å². The van der Waals surface area contributed by atoms with Crippen molar-refractivity contribution >= 4 is 17.2 Å². The van der Waals surface area contributed by atoms with Crippen LogP contribution >= 0.6 is 17.2 Å². The number of halogens is 1. The molecule has 0 aliphatic rings. The summed E-state index contributed by atoms with van der Waals surface area (Å²) in [4.78, 5) is 0. The molecule has 0 N–H and O–H groups in total. The van der Waals surface area contributed by atoms with Gasteiger partial charge in [-0.25, -0.2) is 0 Å². The Labute approximate surface area is 120 Å². The van der Waals surface area contributed by atoms with Crippen LogP contribution in [0, 0.1) is 0 Å². The molecule has 0 rings (SSSR count). The third-order valence-electron chi connectivity index (χ3n) is 3.88. The summed E-state index contributed by atoms with van der Waals surface area (Å²) >= 11 is 7.40. The summed E-state index contributed by atoms with van der Waals surface area (Å²) in [7, 11) is 0. The van der Waals surface area contributed by atoms with Crippen LogP contribution < -0.4 is 0 Å². The molecule has 0 unspecified atom stereocenters. The molecule has 0 atom stereocenters. The molecule has 18 heavy (non-hydrogen) atoms. The first-order valence-electron chi connectivity index (χ1n) is 7.76. The predicted molar refractivity (Wildman–Crippen MR) is 91.8 cm³/mol. The van der Waals surface area contributed by atoms with Gasteiger partial charge in [-0.1, -0.05) is 0 Å². The van der Waals surface area contributed by atoms with Crippen molar-refractivity contribution in [1.82, 2.24) is 0 Å². The van der Waals surface area contributed by atoms with Crippen LogP contribution in [-0.4, -0.2) is 24.6 Å². The third-order valence-corrected chi connectivity index (χ3v) is 11.4. The van der Waals surface area contributed by atoms with Gasteiger partial charge in [-0.05, 0) is 0 Å². The molecule has 0 aliphatic heterocycles. The Hall–Kier alpha value is 0.460. The Morgan fingerprint density at radius 2 is 1.22 bits per heavy atom. The molecule has 0 aromatic rings. The van der Waals surface area contributed by atoms with E-state index >= 15 is 0 Å². The zero-order valence-electron chi connectivity index (χ0n) is 13.1. The van der Waals surface area contributed by atoms with Crippen molar-refractivity contribution in [2.75, 3.05) is 24.6 Å². The van der Waals surface area contributed by atoms with Gasteiger partial charge >= 0.3 is 120 Å². The average Bonchev–Trinajstić information content (AvgIpc) is 2.32. The molecule has 0 aliphatic carbocycles. The molecule has 0 bridgehead atoms. The average molecular weight is 293 g/mol. The molecule has 0 aromatic heterocycles. The van der Waals surface area contributed by atoms with Crippen molar-refractivity contribution in [2.24, 2.45) is 0 Å². The molecule has 0 fully saturated rings. The van der Waals surface area contributed by atoms with Gasteiger partial charge in [0, 0.05) is 0 Å². The van der Waals surface area contributed by atoms with Gasteiger partial charge in [0.25, 0.3) is 0 Å². The van der Waals surface area contributed by atoms with Crippen LogP contribution in [0.25, 0.3) is 0 Å². The first-order chi connectivity index (χ1) is 8.40. The van der Waals surface area contributed by atoms with Crippen LogP contribution in [0.2, 0.25) is 0 Å². The van der Waals surface area contributed by atoms with Crippen molar-refractivity contribution in [3.05, 3.63) is 12.2 Å². The molecule has 0 saturated heterocycles. The first kappa shape index (κ1) is 18.5. The van der Waals surface area contributed by atoms with Gasteiger partial charge < -0.3 is 0 Å². The normalized spacial score (nSPS) is 14.2. The van der Waals surface area contributed by atoms with E-state index in [0.717, 1.165) is 6.16 Å². The number of hydrogen-bond acceptors (Lipinski definition) is 0. The molecule has 2 heteroatoms. The van der Waals surface area contributed by atoms with E-state index in [1.807, 2.05) is 0 Å². The van der Waals surface area contributed by atoms with Crippen molar-refractivity contribution < 1.29 is 0 Å². The van der Waals surface area contributed by atoms with Crippen LogP contribution in [-0.2, 0) is 0 Å². The summed E-state index contributed by atoms with van der Waals surface area (Å²) in [6.07, 6.45) is 12.6. The number of hydrogen-bond donors (Lipinski definition) is 0. The van der Waals surface area contributed by atoms with Crippen LogP contribution in [0.4, 0.5) is 0 Å². The molecular formula is C16H34ClP. The molecule has 0 saturated carbocycles. The van der Waals surface area contributed by atoms with Crippen LogP contribution in [0.15, 0.2) is 12.2 Å². The van der Waals surface area contributed by atoms with Crippen molar-refractivity contribution in [3.63, 3.8) is 0 Å². The monoisotopic (exact) mass is 292 g/mol. The molecule has 0 spiro atoms. The summed E-state index contributed by atoms with van der Waals surface area (Å²) in [6, 6.07) is 0. The van der Waals surface area contributed by atoms with Gasteiger partial charge in [-0.15, -0.1) is 0 Å². The Morgan fingerprint density at radius 3 is 1.44 bits per heavy atom. The molecule has 0 aromatic carbocycles. The minimum atomic E-state index is -2.03. The van der Waals surface area contributed by atoms with Gasteiger partial charge in [-0.3, -0.25) is 0 Å². The Balaban J connectivity index is 5.00. The first-order valence-corrected chi connectivity index (χ1v) is 11.6. The second-order valence-electron chi connectivity index (χ2n) is 6.17. The fraction of sp³-hybridized carbons (Fsp3) is 0.875. The summed E-state index contributed by atoms with van der Waals surface area (Å²) < 4.78 is 0. The minimum absolute atomic E-state index is 1.12. The quantitative estimate of drug-likeness (QED) is 0.295. The summed E-state index contributed by atoms with van der Waals surface area (Å²) in [5.41, 5.74) is 1.30. The van der Waals surface area contributed by atoms with Gasteiger partial charge in [0.05, 0.1) is 0 Å². The van der Waals surface area contributed by atoms with Crippen molar-refractivity contribution in [3.8, 4) is 0 Å². The summed E-state index contributed by atoms with van der Waals surface area (Å²) in [5, 5.41) is 0. The summed E-state index contributed by atoms with van der Waals surface area (Å²) in [6.45, 7) is 13.1. The molecular weight excluding hydrogens is 259 g/mol. The standard InChI is InChI=1S/C16H34ClP/c1-6-9-12-18(17,13-10-7-2,14-11-8-3)15-16(4)5/h4,6-15H2,1-3,5H3. The number of rotatable bonds is 11. The van der Waals surface area contributed by atoms with Gasteiger partial charge in [0.15, 0.2) is 0 Å². The van der Waals surface area contributed by atoms with Crippen LogP contribution in [0.1, 0.15) is 66.2 Å². The Kier molecular flexibility index (Phi) is 8.81. The van der Waals surface area contributed by atoms with E-state index in [4.69, 9.17) is 11.2 Å². The van der Waals surface area contributed by atoms with Crippen LogP contribution in [0.3, 0.4) is 0 Å². The van der Waals surface area contributed by atoms with E-state index in [1.54, 1.807) is 0 Å². The molecule has 110 valence electrons. The molecule has 0 nitrogen and oxygen atoms in total. The maximum absolute atomic E-state index is 7.40. The van der Waals surface area contributed by atoms with Crippen LogP contribution in [0.5, 0.6) is 0 Å². The molecule has 0 heterocycles. The van der Waals surface area contributed by atoms with Gasteiger partial charge in [0.1, 0.15) is 0 Å². The summed E-state index contributed by atoms with van der Waals surface area (Å²) in [5.74, 6) is -2.03. The fourth-order valence-electron chi connectivity index (χ4n) is 2.91. The van der Waals surface area contributed by atoms with E-state index in [1.165, 1.54) is 62.6 Å². The number of allylic oxidation sites excluding steroid dienone is 1. The molecule has 0 radical (unpaired) electrons. The fourth-order valence-corrected chi connectivity index (χ4v) is 10.4. The second-order valence-corrected chi connectivity index (χ2v) is 14.3. The van der Waals surface area contributed by atoms with E-state index in [2.05, 4.69) is 34.3 Å². The van der Waals surface area contributed by atoms with Gasteiger partial charge in [0.2, 0.25) is 0 Å². The Morgan fingerprint density at radius 1 is 0.889 bits per heavy atom. The van der Waals surface area contributed by atoms with E-state index in [9.17, 15) is 0 Å². The SMILES string of the molecule is C=C(C)CP(Cl)(CCCC)(CCCC)CCCC. The van der Waals surface area contributed by atoms with E-state index < -0.39 is 5.96 Å². The number of unbranched alkanes of at least 4 members (excludes halogenated alkanes) is 3.